The normalized spacial score (nSPS) is 10.4. The molecule has 0 bridgehead atoms. The van der Waals surface area contributed by atoms with Gasteiger partial charge in [-0.15, -0.1) is 11.3 Å². The van der Waals surface area contributed by atoms with Crippen molar-refractivity contribution < 1.29 is 4.79 Å². The highest BCUT2D eigenvalue weighted by molar-refractivity contribution is 7.10. The maximum atomic E-state index is 11.1. The Morgan fingerprint density at radius 2 is 1.94 bits per heavy atom. The largest absolute Gasteiger partial charge is 0.325 e. The van der Waals surface area contributed by atoms with Gasteiger partial charge in [-0.25, -0.2) is 0 Å². The fourth-order valence-corrected chi connectivity index (χ4v) is 2.61. The number of rotatable bonds is 4. The van der Waals surface area contributed by atoms with E-state index >= 15 is 0 Å². The fourth-order valence-electron chi connectivity index (χ4n) is 1.85. The molecular weight excluding hydrogens is 246 g/mol. The Labute approximate surface area is 111 Å². The number of thiophene rings is 1. The zero-order valence-electron chi connectivity index (χ0n) is 10.8. The minimum absolute atomic E-state index is 0.0389. The summed E-state index contributed by atoms with van der Waals surface area (Å²) in [5.74, 6) is -0.0389. The highest BCUT2D eigenvalue weighted by Gasteiger charge is 2.06. The third-order valence-corrected chi connectivity index (χ3v) is 3.65. The number of aryl methyl sites for hydroxylation is 2. The summed E-state index contributed by atoms with van der Waals surface area (Å²) < 4.78 is 2.05. The number of hydrogen-bond acceptors (Lipinski definition) is 3. The van der Waals surface area contributed by atoms with Gasteiger partial charge < -0.3 is 10.7 Å². The number of nitrogens with one attached hydrogen (secondary N) is 2. The van der Waals surface area contributed by atoms with Crippen molar-refractivity contribution in [2.75, 3.05) is 10.7 Å². The molecular formula is C13H17N3OS. The molecule has 2 aromatic heterocycles. The first-order chi connectivity index (χ1) is 8.58. The maximum absolute atomic E-state index is 11.1. The van der Waals surface area contributed by atoms with Gasteiger partial charge in [0, 0.05) is 23.2 Å². The Morgan fingerprint density at radius 1 is 1.28 bits per heavy atom. The van der Waals surface area contributed by atoms with Gasteiger partial charge in [0.15, 0.2) is 0 Å². The molecule has 4 nitrogen and oxygen atoms in total. The van der Waals surface area contributed by atoms with Crippen LogP contribution in [0.1, 0.15) is 23.2 Å². The second-order valence-corrected chi connectivity index (χ2v) is 5.23. The molecule has 5 heteroatoms. The molecule has 0 fully saturated rings. The lowest BCUT2D eigenvalue weighted by Crippen LogP contribution is -2.17. The van der Waals surface area contributed by atoms with Crippen molar-refractivity contribution in [3.63, 3.8) is 0 Å². The first-order valence-electron chi connectivity index (χ1n) is 5.80. The molecule has 0 atom stereocenters. The van der Waals surface area contributed by atoms with Crippen LogP contribution in [0.3, 0.4) is 0 Å². The first kappa shape index (κ1) is 12.7. The van der Waals surface area contributed by atoms with Gasteiger partial charge in [-0.3, -0.25) is 9.47 Å². The van der Waals surface area contributed by atoms with E-state index in [1.165, 1.54) is 18.3 Å². The van der Waals surface area contributed by atoms with Crippen molar-refractivity contribution in [1.82, 2.24) is 4.68 Å². The van der Waals surface area contributed by atoms with Crippen LogP contribution in [0.15, 0.2) is 23.6 Å². The Kier molecular flexibility index (Phi) is 3.72. The molecule has 0 aliphatic carbocycles. The highest BCUT2D eigenvalue weighted by Crippen LogP contribution is 2.22. The third kappa shape index (κ3) is 2.73. The van der Waals surface area contributed by atoms with Crippen molar-refractivity contribution >= 4 is 22.9 Å². The van der Waals surface area contributed by atoms with Crippen molar-refractivity contribution in [1.29, 1.82) is 0 Å². The third-order valence-electron chi connectivity index (χ3n) is 2.72. The lowest BCUT2D eigenvalue weighted by molar-refractivity contribution is -0.114. The number of aromatic nitrogens is 1. The molecule has 1 amide bonds. The van der Waals surface area contributed by atoms with Crippen molar-refractivity contribution in [2.24, 2.45) is 0 Å². The quantitative estimate of drug-likeness (QED) is 0.891. The van der Waals surface area contributed by atoms with Gasteiger partial charge in [-0.1, -0.05) is 0 Å². The summed E-state index contributed by atoms with van der Waals surface area (Å²) in [7, 11) is 0. The number of nitrogens with zero attached hydrogens (tertiary/aromatic N) is 1. The summed E-state index contributed by atoms with van der Waals surface area (Å²) in [6.07, 6.45) is 0. The van der Waals surface area contributed by atoms with Gasteiger partial charge in [0.25, 0.3) is 0 Å². The van der Waals surface area contributed by atoms with Crippen LogP contribution in [0.25, 0.3) is 0 Å². The predicted octanol–water partition coefficient (Wildman–Crippen LogP) is 2.87. The van der Waals surface area contributed by atoms with E-state index in [9.17, 15) is 4.79 Å². The molecule has 0 radical (unpaired) electrons. The van der Waals surface area contributed by atoms with Gasteiger partial charge >= 0.3 is 0 Å². The minimum atomic E-state index is -0.0389. The van der Waals surface area contributed by atoms with E-state index in [1.54, 1.807) is 11.3 Å². The molecule has 0 saturated heterocycles. The first-order valence-corrected chi connectivity index (χ1v) is 6.68. The molecule has 2 rings (SSSR count). The Bertz CT molecular complexity index is 537. The number of hydrogen-bond donors (Lipinski definition) is 2. The fraction of sp³-hybridized carbons (Fsp3) is 0.308. The second kappa shape index (κ2) is 5.27. The van der Waals surface area contributed by atoms with Gasteiger partial charge in [0.05, 0.1) is 12.2 Å². The molecule has 96 valence electrons. The van der Waals surface area contributed by atoms with E-state index in [2.05, 4.69) is 41.4 Å². The van der Waals surface area contributed by atoms with Crippen LogP contribution >= 0.6 is 11.3 Å². The molecule has 0 spiro atoms. The molecule has 0 aliphatic rings. The van der Waals surface area contributed by atoms with Gasteiger partial charge in [0.1, 0.15) is 0 Å². The highest BCUT2D eigenvalue weighted by atomic mass is 32.1. The predicted molar refractivity (Wildman–Crippen MR) is 75.6 cm³/mol. The molecule has 18 heavy (non-hydrogen) atoms. The molecule has 0 aliphatic heterocycles. The van der Waals surface area contributed by atoms with Gasteiger partial charge in [-0.2, -0.15) is 0 Å². The summed E-state index contributed by atoms with van der Waals surface area (Å²) in [5.41, 5.74) is 6.59. The molecule has 2 aromatic rings. The van der Waals surface area contributed by atoms with E-state index < -0.39 is 0 Å². The van der Waals surface area contributed by atoms with Crippen LogP contribution in [0.5, 0.6) is 0 Å². The Hall–Kier alpha value is -1.75. The monoisotopic (exact) mass is 263 g/mol. The number of carbonyl (C=O) groups is 1. The van der Waals surface area contributed by atoms with Crippen LogP contribution in [-0.4, -0.2) is 10.6 Å². The SMILES string of the molecule is CC(=O)Nc1ccsc1CNn1c(C)ccc1C. The van der Waals surface area contributed by atoms with E-state index in [0.717, 1.165) is 10.6 Å². The minimum Gasteiger partial charge on any atom is -0.325 e. The Balaban J connectivity index is 2.07. The summed E-state index contributed by atoms with van der Waals surface area (Å²) in [6, 6.07) is 6.08. The smallest absolute Gasteiger partial charge is 0.221 e. The average molecular weight is 263 g/mol. The number of carbonyl (C=O) groups excluding carboxylic acids is 1. The molecule has 2 heterocycles. The lowest BCUT2D eigenvalue weighted by atomic mass is 10.4. The summed E-state index contributed by atoms with van der Waals surface area (Å²) >= 11 is 1.63. The van der Waals surface area contributed by atoms with Crippen molar-refractivity contribution in [3.8, 4) is 0 Å². The Morgan fingerprint density at radius 3 is 2.56 bits per heavy atom. The summed E-state index contributed by atoms with van der Waals surface area (Å²) in [4.78, 5) is 12.2. The zero-order chi connectivity index (χ0) is 13.1. The standard InChI is InChI=1S/C13H17N3OS/c1-9-4-5-10(2)16(9)14-8-13-12(6-7-18-13)15-11(3)17/h4-7,14H,8H2,1-3H3,(H,15,17). The van der Waals surface area contributed by atoms with E-state index in [-0.39, 0.29) is 5.91 Å². The molecule has 0 aromatic carbocycles. The van der Waals surface area contributed by atoms with Crippen LogP contribution < -0.4 is 10.7 Å². The number of amides is 1. The van der Waals surface area contributed by atoms with Gasteiger partial charge in [0.2, 0.25) is 5.91 Å². The topological polar surface area (TPSA) is 46.1 Å². The summed E-state index contributed by atoms with van der Waals surface area (Å²) in [5, 5.41) is 4.82. The molecule has 0 saturated carbocycles. The van der Waals surface area contributed by atoms with E-state index in [1.807, 2.05) is 11.4 Å². The average Bonchev–Trinajstić information content (AvgIpc) is 2.85. The summed E-state index contributed by atoms with van der Waals surface area (Å²) in [6.45, 7) is 6.34. The van der Waals surface area contributed by atoms with Crippen LogP contribution in [0.4, 0.5) is 5.69 Å². The van der Waals surface area contributed by atoms with Crippen LogP contribution in [0, 0.1) is 13.8 Å². The van der Waals surface area contributed by atoms with Crippen LogP contribution in [-0.2, 0) is 11.3 Å². The molecule has 0 unspecified atom stereocenters. The van der Waals surface area contributed by atoms with E-state index in [4.69, 9.17) is 0 Å². The van der Waals surface area contributed by atoms with Crippen LogP contribution in [0.2, 0.25) is 0 Å². The number of anilines is 1. The zero-order valence-corrected chi connectivity index (χ0v) is 11.6. The molecule has 2 N–H and O–H groups in total. The maximum Gasteiger partial charge on any atom is 0.221 e. The van der Waals surface area contributed by atoms with E-state index in [0.29, 0.717) is 6.54 Å². The van der Waals surface area contributed by atoms with Gasteiger partial charge in [-0.05, 0) is 37.4 Å². The lowest BCUT2D eigenvalue weighted by Gasteiger charge is -2.12. The van der Waals surface area contributed by atoms with Crippen molar-refractivity contribution in [2.45, 2.75) is 27.3 Å². The second-order valence-electron chi connectivity index (χ2n) is 4.23. The van der Waals surface area contributed by atoms with Crippen molar-refractivity contribution in [3.05, 3.63) is 39.8 Å².